The molecule has 3 rings (SSSR count). The molecule has 0 saturated heterocycles. The zero-order valence-corrected chi connectivity index (χ0v) is 8.54. The fourth-order valence-corrected chi connectivity index (χ4v) is 1.74. The van der Waals surface area contributed by atoms with Crippen molar-refractivity contribution in [1.29, 1.82) is 0 Å². The zero-order valence-electron chi connectivity index (χ0n) is 8.54. The molecule has 0 unspecified atom stereocenters. The van der Waals surface area contributed by atoms with E-state index in [0.717, 1.165) is 22.4 Å². The first-order chi connectivity index (χ1) is 7.84. The average Bonchev–Trinajstić information content (AvgIpc) is 2.73. The van der Waals surface area contributed by atoms with Crippen LogP contribution in [0.2, 0.25) is 0 Å². The molecule has 0 radical (unpaired) electrons. The number of imidazole rings is 1. The van der Waals surface area contributed by atoms with Gasteiger partial charge in [0.2, 0.25) is 0 Å². The van der Waals surface area contributed by atoms with Gasteiger partial charge < -0.3 is 5.73 Å². The topological polar surface area (TPSA) is 56.7 Å². The Morgan fingerprint density at radius 1 is 1.06 bits per heavy atom. The van der Waals surface area contributed by atoms with E-state index in [1.54, 1.807) is 18.7 Å². The first-order valence-electron chi connectivity index (χ1n) is 4.97. The second kappa shape index (κ2) is 3.34. The van der Waals surface area contributed by atoms with E-state index in [1.165, 1.54) is 0 Å². The summed E-state index contributed by atoms with van der Waals surface area (Å²) in [7, 11) is 0. The number of hydrogen-bond donors (Lipinski definition) is 1. The molecule has 0 aliphatic heterocycles. The van der Waals surface area contributed by atoms with Gasteiger partial charge in [0, 0.05) is 18.1 Å². The van der Waals surface area contributed by atoms with Crippen LogP contribution in [0, 0.1) is 0 Å². The second-order valence-electron chi connectivity index (χ2n) is 3.57. The van der Waals surface area contributed by atoms with Crippen LogP contribution >= 0.6 is 0 Å². The van der Waals surface area contributed by atoms with Gasteiger partial charge in [-0.1, -0.05) is 0 Å². The number of fused-ring (bicyclic) bond motifs is 1. The third-order valence-corrected chi connectivity index (χ3v) is 2.51. The summed E-state index contributed by atoms with van der Waals surface area (Å²) < 4.78 is 2.01. The molecule has 0 aliphatic carbocycles. The van der Waals surface area contributed by atoms with Crippen molar-refractivity contribution in [2.45, 2.75) is 0 Å². The minimum absolute atomic E-state index is 0.729. The maximum absolute atomic E-state index is 5.71. The summed E-state index contributed by atoms with van der Waals surface area (Å²) in [4.78, 5) is 8.31. The maximum atomic E-state index is 5.71. The van der Waals surface area contributed by atoms with E-state index in [0.29, 0.717) is 0 Å². The minimum atomic E-state index is 0.729. The van der Waals surface area contributed by atoms with Crippen LogP contribution in [0.4, 0.5) is 5.69 Å². The number of nitrogen functional groups attached to an aromatic ring is 1. The van der Waals surface area contributed by atoms with Gasteiger partial charge in [-0.25, -0.2) is 4.98 Å². The van der Waals surface area contributed by atoms with Crippen molar-refractivity contribution in [3.8, 4) is 5.69 Å². The lowest BCUT2D eigenvalue weighted by molar-refractivity contribution is 1.08. The first kappa shape index (κ1) is 8.91. The number of benzene rings is 1. The molecule has 2 N–H and O–H groups in total. The number of pyridine rings is 1. The van der Waals surface area contributed by atoms with Crippen LogP contribution in [0.15, 0.2) is 49.1 Å². The van der Waals surface area contributed by atoms with Gasteiger partial charge in [0.15, 0.2) is 0 Å². The van der Waals surface area contributed by atoms with Crippen molar-refractivity contribution < 1.29 is 0 Å². The zero-order chi connectivity index (χ0) is 11.0. The van der Waals surface area contributed by atoms with Crippen LogP contribution in [0.5, 0.6) is 0 Å². The van der Waals surface area contributed by atoms with Gasteiger partial charge in [0.1, 0.15) is 6.33 Å². The van der Waals surface area contributed by atoms with Crippen LogP contribution in [-0.4, -0.2) is 14.5 Å². The second-order valence-corrected chi connectivity index (χ2v) is 3.57. The lowest BCUT2D eigenvalue weighted by atomic mass is 10.2. The molecule has 0 amide bonds. The largest absolute Gasteiger partial charge is 0.399 e. The van der Waals surface area contributed by atoms with E-state index in [4.69, 9.17) is 5.73 Å². The summed E-state index contributed by atoms with van der Waals surface area (Å²) >= 11 is 0. The highest BCUT2D eigenvalue weighted by Gasteiger charge is 2.03. The van der Waals surface area contributed by atoms with E-state index in [-0.39, 0.29) is 0 Å². The van der Waals surface area contributed by atoms with Crippen molar-refractivity contribution >= 4 is 16.7 Å². The van der Waals surface area contributed by atoms with Crippen molar-refractivity contribution in [1.82, 2.24) is 14.5 Å². The van der Waals surface area contributed by atoms with Gasteiger partial charge in [-0.05, 0) is 30.3 Å². The lowest BCUT2D eigenvalue weighted by Gasteiger charge is -2.03. The first-order valence-corrected chi connectivity index (χ1v) is 4.97. The van der Waals surface area contributed by atoms with Gasteiger partial charge in [-0.15, -0.1) is 0 Å². The molecule has 0 spiro atoms. The predicted molar refractivity (Wildman–Crippen MR) is 63.3 cm³/mol. The Morgan fingerprint density at radius 2 is 1.88 bits per heavy atom. The summed E-state index contributed by atoms with van der Waals surface area (Å²) in [5.41, 5.74) is 9.43. The van der Waals surface area contributed by atoms with E-state index >= 15 is 0 Å². The molecule has 2 heterocycles. The number of hydrogen-bond acceptors (Lipinski definition) is 3. The Labute approximate surface area is 92.4 Å². The molecular formula is C12H10N4. The summed E-state index contributed by atoms with van der Waals surface area (Å²) in [6.45, 7) is 0. The molecule has 0 atom stereocenters. The molecule has 0 saturated carbocycles. The number of nitrogens with two attached hydrogens (primary N) is 1. The molecule has 4 heteroatoms. The number of nitrogens with zero attached hydrogens (tertiary/aromatic N) is 3. The lowest BCUT2D eigenvalue weighted by Crippen LogP contribution is -1.91. The highest BCUT2D eigenvalue weighted by Crippen LogP contribution is 2.19. The fraction of sp³-hybridized carbons (Fsp3) is 0. The number of aromatic nitrogens is 3. The molecule has 78 valence electrons. The molecular weight excluding hydrogens is 200 g/mol. The normalized spacial score (nSPS) is 10.8. The van der Waals surface area contributed by atoms with Gasteiger partial charge in [-0.2, -0.15) is 0 Å². The van der Waals surface area contributed by atoms with Crippen molar-refractivity contribution in [2.24, 2.45) is 0 Å². The Balaban J connectivity index is 2.26. The summed E-state index contributed by atoms with van der Waals surface area (Å²) in [6.07, 6.45) is 5.32. The Kier molecular flexibility index (Phi) is 1.86. The van der Waals surface area contributed by atoms with Gasteiger partial charge in [0.25, 0.3) is 0 Å². The minimum Gasteiger partial charge on any atom is -0.399 e. The molecule has 1 aromatic carbocycles. The van der Waals surface area contributed by atoms with Crippen LogP contribution < -0.4 is 5.73 Å². The van der Waals surface area contributed by atoms with Crippen molar-refractivity contribution in [3.05, 3.63) is 49.1 Å². The van der Waals surface area contributed by atoms with Crippen LogP contribution in [0.3, 0.4) is 0 Å². The van der Waals surface area contributed by atoms with E-state index in [9.17, 15) is 0 Å². The quantitative estimate of drug-likeness (QED) is 0.625. The predicted octanol–water partition coefficient (Wildman–Crippen LogP) is 2.00. The summed E-state index contributed by atoms with van der Waals surface area (Å²) in [5.74, 6) is 0. The Morgan fingerprint density at radius 3 is 2.69 bits per heavy atom. The summed E-state index contributed by atoms with van der Waals surface area (Å²) in [5, 5.41) is 0. The molecule has 2 aromatic heterocycles. The molecule has 0 bridgehead atoms. The highest BCUT2D eigenvalue weighted by molar-refractivity contribution is 5.80. The summed E-state index contributed by atoms with van der Waals surface area (Å²) in [6, 6.07) is 9.60. The number of anilines is 1. The van der Waals surface area contributed by atoms with Crippen molar-refractivity contribution in [3.63, 3.8) is 0 Å². The standard InChI is InChI=1S/C12H10N4/c13-9-1-2-12-11(7-9)15-8-16(12)10-3-5-14-6-4-10/h1-8H,13H2. The van der Waals surface area contributed by atoms with Crippen molar-refractivity contribution in [2.75, 3.05) is 5.73 Å². The van der Waals surface area contributed by atoms with Crippen LogP contribution in [-0.2, 0) is 0 Å². The van der Waals surface area contributed by atoms with E-state index in [2.05, 4.69) is 9.97 Å². The molecule has 16 heavy (non-hydrogen) atoms. The maximum Gasteiger partial charge on any atom is 0.100 e. The smallest absolute Gasteiger partial charge is 0.100 e. The third-order valence-electron chi connectivity index (χ3n) is 2.51. The molecule has 4 nitrogen and oxygen atoms in total. The Hall–Kier alpha value is -2.36. The average molecular weight is 210 g/mol. The highest BCUT2D eigenvalue weighted by atomic mass is 15.0. The number of rotatable bonds is 1. The van der Waals surface area contributed by atoms with Gasteiger partial charge in [0.05, 0.1) is 16.7 Å². The van der Waals surface area contributed by atoms with Crippen LogP contribution in [0.25, 0.3) is 16.7 Å². The van der Waals surface area contributed by atoms with E-state index < -0.39 is 0 Å². The molecule has 0 aliphatic rings. The monoisotopic (exact) mass is 210 g/mol. The van der Waals surface area contributed by atoms with Crippen LogP contribution in [0.1, 0.15) is 0 Å². The van der Waals surface area contributed by atoms with Gasteiger partial charge in [-0.3, -0.25) is 9.55 Å². The van der Waals surface area contributed by atoms with Gasteiger partial charge >= 0.3 is 0 Å². The third kappa shape index (κ3) is 1.32. The molecule has 3 aromatic rings. The Bertz CT molecular complexity index is 628. The molecule has 0 fully saturated rings. The SMILES string of the molecule is Nc1ccc2c(c1)ncn2-c1ccncc1. The van der Waals surface area contributed by atoms with E-state index in [1.807, 2.05) is 34.9 Å². The fourth-order valence-electron chi connectivity index (χ4n) is 1.74.